The molecule has 0 saturated carbocycles. The summed E-state index contributed by atoms with van der Waals surface area (Å²) in [6.45, 7) is 2.73. The standard InChI is InChI=1S/C17H19N3O5S/c1-12-4-9-15(25-12)17(22)19-18-16(21)13-5-7-14(8-6-13)26(23,24)20-10-2-3-11-20/h4-9H,2-3,10-11H2,1H3,(H,18,21)(H,19,22). The molecule has 1 saturated heterocycles. The van der Waals surface area contributed by atoms with Gasteiger partial charge in [0.2, 0.25) is 10.0 Å². The van der Waals surface area contributed by atoms with Crippen LogP contribution in [0.1, 0.15) is 39.5 Å². The Labute approximate surface area is 151 Å². The number of hydrazine groups is 1. The molecule has 26 heavy (non-hydrogen) atoms. The summed E-state index contributed by atoms with van der Waals surface area (Å²) in [6, 6.07) is 8.72. The third-order valence-electron chi connectivity index (χ3n) is 4.07. The first-order valence-corrected chi connectivity index (χ1v) is 9.59. The number of carbonyl (C=O) groups is 2. The molecule has 1 fully saturated rings. The first-order chi connectivity index (χ1) is 12.4. The summed E-state index contributed by atoms with van der Waals surface area (Å²) in [7, 11) is -3.52. The van der Waals surface area contributed by atoms with E-state index in [1.807, 2.05) is 0 Å². The van der Waals surface area contributed by atoms with Crippen molar-refractivity contribution in [1.29, 1.82) is 0 Å². The summed E-state index contributed by atoms with van der Waals surface area (Å²) in [4.78, 5) is 24.1. The minimum absolute atomic E-state index is 0.0786. The number of sulfonamides is 1. The van der Waals surface area contributed by atoms with E-state index in [1.54, 1.807) is 13.0 Å². The molecule has 8 nitrogen and oxygen atoms in total. The summed E-state index contributed by atoms with van der Waals surface area (Å²) < 4.78 is 31.5. The first kappa shape index (κ1) is 18.2. The lowest BCUT2D eigenvalue weighted by atomic mass is 10.2. The normalized spacial score (nSPS) is 15.0. The van der Waals surface area contributed by atoms with Gasteiger partial charge in [-0.05, 0) is 56.2 Å². The van der Waals surface area contributed by atoms with Gasteiger partial charge >= 0.3 is 5.91 Å². The van der Waals surface area contributed by atoms with Crippen LogP contribution in [-0.4, -0.2) is 37.6 Å². The lowest BCUT2D eigenvalue weighted by Gasteiger charge is -2.15. The molecule has 138 valence electrons. The van der Waals surface area contributed by atoms with Crippen molar-refractivity contribution in [2.45, 2.75) is 24.7 Å². The van der Waals surface area contributed by atoms with E-state index in [9.17, 15) is 18.0 Å². The number of benzene rings is 1. The van der Waals surface area contributed by atoms with Gasteiger partial charge in [0, 0.05) is 18.7 Å². The van der Waals surface area contributed by atoms with Gasteiger partial charge in [0.15, 0.2) is 5.76 Å². The average molecular weight is 377 g/mol. The van der Waals surface area contributed by atoms with Crippen molar-refractivity contribution in [2.24, 2.45) is 0 Å². The zero-order chi connectivity index (χ0) is 18.7. The van der Waals surface area contributed by atoms with Crippen LogP contribution in [0.2, 0.25) is 0 Å². The fraction of sp³-hybridized carbons (Fsp3) is 0.294. The highest BCUT2D eigenvalue weighted by Gasteiger charge is 2.27. The van der Waals surface area contributed by atoms with E-state index in [0.29, 0.717) is 18.8 Å². The van der Waals surface area contributed by atoms with E-state index < -0.39 is 21.8 Å². The van der Waals surface area contributed by atoms with Gasteiger partial charge in [0.1, 0.15) is 5.76 Å². The molecular formula is C17H19N3O5S. The SMILES string of the molecule is Cc1ccc(C(=O)NNC(=O)c2ccc(S(=O)(=O)N3CCCC3)cc2)o1. The van der Waals surface area contributed by atoms with Crippen LogP contribution in [0, 0.1) is 6.92 Å². The summed E-state index contributed by atoms with van der Waals surface area (Å²) >= 11 is 0. The van der Waals surface area contributed by atoms with Gasteiger partial charge in [-0.1, -0.05) is 0 Å². The number of nitrogens with zero attached hydrogens (tertiary/aromatic N) is 1. The third-order valence-corrected chi connectivity index (χ3v) is 5.99. The molecule has 0 aliphatic carbocycles. The van der Waals surface area contributed by atoms with Crippen molar-refractivity contribution in [2.75, 3.05) is 13.1 Å². The lowest BCUT2D eigenvalue weighted by Crippen LogP contribution is -2.41. The number of rotatable bonds is 4. The molecule has 0 atom stereocenters. The number of hydrogen-bond donors (Lipinski definition) is 2. The van der Waals surface area contributed by atoms with Crippen LogP contribution in [0.4, 0.5) is 0 Å². The Morgan fingerprint density at radius 1 is 0.962 bits per heavy atom. The van der Waals surface area contributed by atoms with Crippen molar-refractivity contribution < 1.29 is 22.4 Å². The average Bonchev–Trinajstić information content (AvgIpc) is 3.31. The molecule has 0 radical (unpaired) electrons. The Hall–Kier alpha value is -2.65. The lowest BCUT2D eigenvalue weighted by molar-refractivity contribution is 0.0830. The predicted molar refractivity (Wildman–Crippen MR) is 92.8 cm³/mol. The van der Waals surface area contributed by atoms with Gasteiger partial charge in [0.25, 0.3) is 5.91 Å². The second kappa shape index (κ2) is 7.30. The summed E-state index contributed by atoms with van der Waals surface area (Å²) in [5.41, 5.74) is 4.73. The minimum atomic E-state index is -3.52. The number of amides is 2. The van der Waals surface area contributed by atoms with Crippen molar-refractivity contribution in [3.05, 3.63) is 53.5 Å². The number of nitrogens with one attached hydrogen (secondary N) is 2. The maximum Gasteiger partial charge on any atom is 0.305 e. The summed E-state index contributed by atoms with van der Waals surface area (Å²) in [5.74, 6) is -0.488. The zero-order valence-electron chi connectivity index (χ0n) is 14.2. The highest BCUT2D eigenvalue weighted by molar-refractivity contribution is 7.89. The Bertz CT molecular complexity index is 912. The zero-order valence-corrected chi connectivity index (χ0v) is 15.0. The van der Waals surface area contributed by atoms with E-state index in [1.165, 1.54) is 34.6 Å². The van der Waals surface area contributed by atoms with Crippen LogP contribution in [-0.2, 0) is 10.0 Å². The fourth-order valence-corrected chi connectivity index (χ4v) is 4.18. The van der Waals surface area contributed by atoms with Crippen molar-refractivity contribution >= 4 is 21.8 Å². The Morgan fingerprint density at radius 3 is 2.15 bits per heavy atom. The molecule has 1 aliphatic heterocycles. The largest absolute Gasteiger partial charge is 0.456 e. The van der Waals surface area contributed by atoms with Crippen molar-refractivity contribution in [3.63, 3.8) is 0 Å². The molecular weight excluding hydrogens is 358 g/mol. The minimum Gasteiger partial charge on any atom is -0.456 e. The van der Waals surface area contributed by atoms with Crippen molar-refractivity contribution in [3.8, 4) is 0 Å². The van der Waals surface area contributed by atoms with Crippen LogP contribution >= 0.6 is 0 Å². The molecule has 0 spiro atoms. The maximum atomic E-state index is 12.4. The van der Waals surface area contributed by atoms with Gasteiger partial charge in [-0.25, -0.2) is 8.42 Å². The summed E-state index contributed by atoms with van der Waals surface area (Å²) in [5, 5.41) is 0. The number of hydrogen-bond acceptors (Lipinski definition) is 5. The van der Waals surface area contributed by atoms with Crippen molar-refractivity contribution in [1.82, 2.24) is 15.2 Å². The molecule has 9 heteroatoms. The monoisotopic (exact) mass is 377 g/mol. The van der Waals surface area contributed by atoms with Gasteiger partial charge in [-0.15, -0.1) is 0 Å². The number of carbonyl (C=O) groups excluding carboxylic acids is 2. The molecule has 2 aromatic rings. The topological polar surface area (TPSA) is 109 Å². The maximum absolute atomic E-state index is 12.4. The molecule has 1 aromatic carbocycles. The van der Waals surface area contributed by atoms with Gasteiger partial charge < -0.3 is 4.42 Å². The Balaban J connectivity index is 1.62. The predicted octanol–water partition coefficient (Wildman–Crippen LogP) is 1.45. The second-order valence-electron chi connectivity index (χ2n) is 5.95. The van der Waals surface area contributed by atoms with E-state index in [2.05, 4.69) is 10.9 Å². The summed E-state index contributed by atoms with van der Waals surface area (Å²) in [6.07, 6.45) is 1.71. The molecule has 2 N–H and O–H groups in total. The number of aryl methyl sites for hydroxylation is 1. The quantitative estimate of drug-likeness (QED) is 0.784. The van der Waals surface area contributed by atoms with Crippen LogP contribution in [0.5, 0.6) is 0 Å². The molecule has 0 bridgehead atoms. The Morgan fingerprint density at radius 2 is 1.58 bits per heavy atom. The Kier molecular flexibility index (Phi) is 5.10. The van der Waals surface area contributed by atoms with E-state index in [0.717, 1.165) is 12.8 Å². The molecule has 2 heterocycles. The molecule has 1 aromatic heterocycles. The van der Waals surface area contributed by atoms with Crippen LogP contribution in [0.25, 0.3) is 0 Å². The van der Waals surface area contributed by atoms with Gasteiger partial charge in [0.05, 0.1) is 4.90 Å². The van der Waals surface area contributed by atoms with E-state index in [-0.39, 0.29) is 16.2 Å². The molecule has 3 rings (SSSR count). The van der Waals surface area contributed by atoms with E-state index in [4.69, 9.17) is 4.42 Å². The van der Waals surface area contributed by atoms with Gasteiger partial charge in [-0.3, -0.25) is 20.4 Å². The van der Waals surface area contributed by atoms with Crippen LogP contribution < -0.4 is 10.9 Å². The highest BCUT2D eigenvalue weighted by Crippen LogP contribution is 2.21. The molecule has 1 aliphatic rings. The van der Waals surface area contributed by atoms with Gasteiger partial charge in [-0.2, -0.15) is 4.31 Å². The number of furan rings is 1. The smallest absolute Gasteiger partial charge is 0.305 e. The molecule has 0 unspecified atom stereocenters. The van der Waals surface area contributed by atoms with Crippen LogP contribution in [0.3, 0.4) is 0 Å². The molecule has 2 amide bonds. The third kappa shape index (κ3) is 3.78. The van der Waals surface area contributed by atoms with Crippen LogP contribution in [0.15, 0.2) is 45.7 Å². The first-order valence-electron chi connectivity index (χ1n) is 8.15. The highest BCUT2D eigenvalue weighted by atomic mass is 32.2. The second-order valence-corrected chi connectivity index (χ2v) is 7.89. The fourth-order valence-electron chi connectivity index (χ4n) is 2.66. The van der Waals surface area contributed by atoms with E-state index >= 15 is 0 Å².